The highest BCUT2D eigenvalue weighted by Crippen LogP contribution is 2.23. The zero-order valence-electron chi connectivity index (χ0n) is 13.5. The number of amides is 2. The Hall–Kier alpha value is -1.30. The first-order chi connectivity index (χ1) is 9.81. The Labute approximate surface area is 126 Å². The van der Waals surface area contributed by atoms with Gasteiger partial charge in [0, 0.05) is 25.6 Å². The van der Waals surface area contributed by atoms with Crippen LogP contribution in [0.5, 0.6) is 0 Å². The number of aliphatic carboxylic acids is 1. The molecular formula is C15H28N2O4. The molecule has 122 valence electrons. The Bertz CT molecular complexity index is 369. The summed E-state index contributed by atoms with van der Waals surface area (Å²) >= 11 is 0. The number of carbonyl (C=O) groups excluding carboxylic acids is 1. The van der Waals surface area contributed by atoms with Crippen LogP contribution in [0.15, 0.2) is 0 Å². The lowest BCUT2D eigenvalue weighted by Gasteiger charge is -2.36. The van der Waals surface area contributed by atoms with Gasteiger partial charge in [-0.2, -0.15) is 0 Å². The molecule has 0 radical (unpaired) electrons. The highest BCUT2D eigenvalue weighted by molar-refractivity contribution is 5.83. The molecule has 21 heavy (non-hydrogen) atoms. The van der Waals surface area contributed by atoms with Crippen molar-refractivity contribution in [3.63, 3.8) is 0 Å². The van der Waals surface area contributed by atoms with Gasteiger partial charge in [-0.25, -0.2) is 9.59 Å². The van der Waals surface area contributed by atoms with Crippen LogP contribution >= 0.6 is 0 Å². The molecule has 1 saturated heterocycles. The van der Waals surface area contributed by atoms with E-state index in [-0.39, 0.29) is 25.0 Å². The van der Waals surface area contributed by atoms with Crippen LogP contribution in [0.25, 0.3) is 0 Å². The fourth-order valence-electron chi connectivity index (χ4n) is 2.93. The van der Waals surface area contributed by atoms with E-state index in [1.54, 1.807) is 4.90 Å². The lowest BCUT2D eigenvalue weighted by atomic mass is 10.1. The maximum absolute atomic E-state index is 12.8. The van der Waals surface area contributed by atoms with Crippen LogP contribution in [-0.4, -0.2) is 63.3 Å². The first-order valence-electron chi connectivity index (χ1n) is 7.79. The molecule has 6 nitrogen and oxygen atoms in total. The molecule has 1 heterocycles. The Morgan fingerprint density at radius 2 is 1.86 bits per heavy atom. The Morgan fingerprint density at radius 1 is 1.29 bits per heavy atom. The molecule has 0 aliphatic carbocycles. The van der Waals surface area contributed by atoms with E-state index in [4.69, 9.17) is 0 Å². The number of carboxylic acid groups (broad SMARTS) is 1. The Morgan fingerprint density at radius 3 is 2.29 bits per heavy atom. The highest BCUT2D eigenvalue weighted by Gasteiger charge is 2.41. The molecule has 1 aliphatic rings. The summed E-state index contributed by atoms with van der Waals surface area (Å²) in [6, 6.07) is -1.08. The maximum atomic E-state index is 12.8. The molecule has 0 bridgehead atoms. The van der Waals surface area contributed by atoms with Gasteiger partial charge in [-0.15, -0.1) is 0 Å². The fraction of sp³-hybridized carbons (Fsp3) is 0.867. The molecule has 0 saturated carbocycles. The lowest BCUT2D eigenvalue weighted by Crippen LogP contribution is -2.52. The predicted octanol–water partition coefficient (Wildman–Crippen LogP) is 1.77. The summed E-state index contributed by atoms with van der Waals surface area (Å²) in [6.45, 7) is 8.84. The minimum absolute atomic E-state index is 0.102. The number of hydrogen-bond donors (Lipinski definition) is 2. The van der Waals surface area contributed by atoms with Gasteiger partial charge in [0.2, 0.25) is 0 Å². The third kappa shape index (κ3) is 4.33. The van der Waals surface area contributed by atoms with E-state index in [1.165, 1.54) is 4.90 Å². The van der Waals surface area contributed by atoms with Gasteiger partial charge >= 0.3 is 12.0 Å². The molecule has 2 atom stereocenters. The van der Waals surface area contributed by atoms with Crippen molar-refractivity contribution in [2.45, 2.75) is 65.1 Å². The number of likely N-dealkylation sites (tertiary alicyclic amines) is 1. The minimum Gasteiger partial charge on any atom is -0.480 e. The van der Waals surface area contributed by atoms with E-state index in [1.807, 2.05) is 27.7 Å². The number of carboxylic acids is 1. The normalized spacial score (nSPS) is 22.1. The number of urea groups is 1. The summed E-state index contributed by atoms with van der Waals surface area (Å²) in [6.07, 6.45) is 1.03. The fourth-order valence-corrected chi connectivity index (χ4v) is 2.93. The largest absolute Gasteiger partial charge is 0.480 e. The maximum Gasteiger partial charge on any atom is 0.326 e. The quantitative estimate of drug-likeness (QED) is 0.783. The first kappa shape index (κ1) is 17.8. The average molecular weight is 300 g/mol. The van der Waals surface area contributed by atoms with Gasteiger partial charge in [0.15, 0.2) is 0 Å². The molecule has 1 rings (SSSR count). The molecule has 0 spiro atoms. The van der Waals surface area contributed by atoms with Crippen molar-refractivity contribution >= 4 is 12.0 Å². The zero-order chi connectivity index (χ0) is 16.2. The number of rotatable bonds is 6. The van der Waals surface area contributed by atoms with Crippen LogP contribution in [-0.2, 0) is 4.79 Å². The smallest absolute Gasteiger partial charge is 0.326 e. The minimum atomic E-state index is -1.05. The molecule has 0 aromatic rings. The van der Waals surface area contributed by atoms with Crippen molar-refractivity contribution in [2.75, 3.05) is 13.1 Å². The lowest BCUT2D eigenvalue weighted by molar-refractivity contribution is -0.141. The summed E-state index contributed by atoms with van der Waals surface area (Å²) in [7, 11) is 0. The number of β-amino-alcohol motifs (C(OH)–C–C–N with tert-alkyl or cyclic N) is 1. The molecule has 2 N–H and O–H groups in total. The zero-order valence-corrected chi connectivity index (χ0v) is 13.5. The topological polar surface area (TPSA) is 81.1 Å². The molecule has 6 heteroatoms. The molecular weight excluding hydrogens is 272 g/mol. The van der Waals surface area contributed by atoms with E-state index in [0.29, 0.717) is 12.5 Å². The van der Waals surface area contributed by atoms with E-state index >= 15 is 0 Å². The number of hydrogen-bond acceptors (Lipinski definition) is 3. The van der Waals surface area contributed by atoms with Gasteiger partial charge in [0.25, 0.3) is 0 Å². The second-order valence-corrected chi connectivity index (χ2v) is 6.20. The molecule has 1 fully saturated rings. The predicted molar refractivity (Wildman–Crippen MR) is 80.1 cm³/mol. The van der Waals surface area contributed by atoms with Crippen LogP contribution in [0.2, 0.25) is 0 Å². The summed E-state index contributed by atoms with van der Waals surface area (Å²) < 4.78 is 0. The van der Waals surface area contributed by atoms with Gasteiger partial charge in [0.05, 0.1) is 6.10 Å². The summed E-state index contributed by atoms with van der Waals surface area (Å²) in [5, 5.41) is 19.0. The molecule has 2 amide bonds. The van der Waals surface area contributed by atoms with Gasteiger partial charge in [-0.1, -0.05) is 27.7 Å². The number of aliphatic hydroxyl groups excluding tert-OH is 1. The van der Waals surface area contributed by atoms with Crippen LogP contribution in [0.3, 0.4) is 0 Å². The van der Waals surface area contributed by atoms with Crippen molar-refractivity contribution in [3.05, 3.63) is 0 Å². The van der Waals surface area contributed by atoms with Gasteiger partial charge < -0.3 is 20.0 Å². The summed E-state index contributed by atoms with van der Waals surface area (Å²) in [5.74, 6) is -0.737. The second-order valence-electron chi connectivity index (χ2n) is 6.20. The van der Waals surface area contributed by atoms with Gasteiger partial charge in [-0.05, 0) is 18.8 Å². The molecule has 0 unspecified atom stereocenters. The monoisotopic (exact) mass is 300 g/mol. The first-order valence-corrected chi connectivity index (χ1v) is 7.79. The third-order valence-corrected chi connectivity index (χ3v) is 4.00. The third-order valence-electron chi connectivity index (χ3n) is 4.00. The Balaban J connectivity index is 2.95. The van der Waals surface area contributed by atoms with Crippen molar-refractivity contribution in [2.24, 2.45) is 5.92 Å². The van der Waals surface area contributed by atoms with Crippen molar-refractivity contribution in [3.8, 4) is 0 Å². The van der Waals surface area contributed by atoms with Crippen LogP contribution in [0, 0.1) is 5.92 Å². The Kier molecular flexibility index (Phi) is 6.45. The van der Waals surface area contributed by atoms with E-state index in [9.17, 15) is 19.8 Å². The summed E-state index contributed by atoms with van der Waals surface area (Å²) in [5.41, 5.74) is 0. The van der Waals surface area contributed by atoms with E-state index in [2.05, 4.69) is 0 Å². The standard InChI is InChI=1S/C15H28N2O4/c1-5-11(6-2)16(8-10(3)4)15(21)17-9-12(18)7-13(17)14(19)20/h10-13,18H,5-9H2,1-4H3,(H,19,20)/t12-,13-/m0/s1. The second kappa shape index (κ2) is 7.64. The van der Waals surface area contributed by atoms with Crippen molar-refractivity contribution in [1.82, 2.24) is 9.80 Å². The van der Waals surface area contributed by atoms with Crippen LogP contribution in [0.1, 0.15) is 47.0 Å². The number of nitrogens with zero attached hydrogens (tertiary/aromatic N) is 2. The molecule has 0 aromatic heterocycles. The van der Waals surface area contributed by atoms with Gasteiger partial charge in [0.1, 0.15) is 6.04 Å². The number of carbonyl (C=O) groups is 2. The van der Waals surface area contributed by atoms with E-state index in [0.717, 1.165) is 12.8 Å². The summed E-state index contributed by atoms with van der Waals surface area (Å²) in [4.78, 5) is 27.2. The van der Waals surface area contributed by atoms with Gasteiger partial charge in [-0.3, -0.25) is 0 Å². The molecule has 0 aromatic carbocycles. The van der Waals surface area contributed by atoms with Crippen LogP contribution < -0.4 is 0 Å². The molecule has 1 aliphatic heterocycles. The highest BCUT2D eigenvalue weighted by atomic mass is 16.4. The number of aliphatic hydroxyl groups is 1. The van der Waals surface area contributed by atoms with Crippen molar-refractivity contribution < 1.29 is 19.8 Å². The average Bonchev–Trinajstić information content (AvgIpc) is 2.80. The van der Waals surface area contributed by atoms with Crippen molar-refractivity contribution in [1.29, 1.82) is 0 Å². The van der Waals surface area contributed by atoms with E-state index < -0.39 is 18.1 Å². The SMILES string of the molecule is CCC(CC)N(CC(C)C)C(=O)N1C[C@@H](O)C[C@H]1C(=O)O. The van der Waals surface area contributed by atoms with Crippen LogP contribution in [0.4, 0.5) is 4.79 Å².